The molecule has 45 heavy (non-hydrogen) atoms. The van der Waals surface area contributed by atoms with Crippen LogP contribution < -0.4 is 21.1 Å². The van der Waals surface area contributed by atoms with E-state index in [1.807, 2.05) is 16.7 Å². The number of anilines is 1. The summed E-state index contributed by atoms with van der Waals surface area (Å²) in [5, 5.41) is 6.53. The Bertz CT molecular complexity index is 1780. The summed E-state index contributed by atoms with van der Waals surface area (Å²) < 4.78 is 28.6. The third-order valence-electron chi connectivity index (χ3n) is 8.55. The van der Waals surface area contributed by atoms with Gasteiger partial charge >= 0.3 is 6.03 Å². The van der Waals surface area contributed by atoms with Crippen LogP contribution in [0.1, 0.15) is 53.7 Å². The molecule has 1 saturated carbocycles. The summed E-state index contributed by atoms with van der Waals surface area (Å²) in [6, 6.07) is 13.0. The molecule has 12 heteroatoms. The first-order valence-corrected chi connectivity index (χ1v) is 15.3. The highest BCUT2D eigenvalue weighted by atomic mass is 19.1. The van der Waals surface area contributed by atoms with Gasteiger partial charge in [0.25, 0.3) is 11.5 Å². The second kappa shape index (κ2) is 13.0. The maximum absolute atomic E-state index is 14.0. The summed E-state index contributed by atoms with van der Waals surface area (Å²) in [7, 11) is 0. The fourth-order valence-electron chi connectivity index (χ4n) is 5.97. The highest BCUT2D eigenvalue weighted by molar-refractivity contribution is 5.94. The van der Waals surface area contributed by atoms with E-state index in [2.05, 4.69) is 10.6 Å². The number of hydrogen-bond acceptors (Lipinski definition) is 6. The van der Waals surface area contributed by atoms with Crippen molar-refractivity contribution < 1.29 is 18.4 Å². The van der Waals surface area contributed by atoms with Gasteiger partial charge in [-0.15, -0.1) is 0 Å². The first-order chi connectivity index (χ1) is 21.8. The summed E-state index contributed by atoms with van der Waals surface area (Å²) in [5.74, 6) is -1.39. The van der Waals surface area contributed by atoms with Crippen molar-refractivity contribution in [3.63, 3.8) is 0 Å². The summed E-state index contributed by atoms with van der Waals surface area (Å²) in [4.78, 5) is 52.1. The Hall–Kier alpha value is -4.87. The minimum absolute atomic E-state index is 0.0225. The molecule has 1 aliphatic heterocycles. The van der Waals surface area contributed by atoms with E-state index in [4.69, 9.17) is 9.97 Å². The molecular formula is C33H35F2N7O3. The largest absolute Gasteiger partial charge is 0.348 e. The van der Waals surface area contributed by atoms with Crippen molar-refractivity contribution in [1.29, 1.82) is 0 Å². The van der Waals surface area contributed by atoms with Gasteiger partial charge in [-0.1, -0.05) is 25.3 Å². The number of rotatable bonds is 6. The van der Waals surface area contributed by atoms with E-state index < -0.39 is 17.5 Å². The average Bonchev–Trinajstić information content (AvgIpc) is 3.04. The molecule has 3 amide bonds. The van der Waals surface area contributed by atoms with Crippen LogP contribution in [0.2, 0.25) is 0 Å². The third kappa shape index (κ3) is 6.64. The van der Waals surface area contributed by atoms with Crippen LogP contribution in [-0.2, 0) is 6.54 Å². The van der Waals surface area contributed by atoms with Gasteiger partial charge in [0.1, 0.15) is 11.6 Å². The SMILES string of the molecule is Cc1nc(N2CCN(C(=O)NC3CCCCC3)CC2)nc2c1ccc(=O)n2-c1ccc(C(=O)NCc2ccc(F)cc2F)cc1. The molecule has 2 aromatic heterocycles. The van der Waals surface area contributed by atoms with E-state index in [1.54, 1.807) is 30.3 Å². The predicted molar refractivity (Wildman–Crippen MR) is 167 cm³/mol. The number of aromatic nitrogens is 3. The third-order valence-corrected chi connectivity index (χ3v) is 8.55. The standard InChI is InChI=1S/C33H35F2N7O3/c1-21-27-13-14-29(43)42(26-11-8-22(9-12-26)31(44)36-20-23-7-10-24(34)19-28(23)35)30(27)39-32(37-21)40-15-17-41(18-16-40)33(45)38-25-5-3-2-4-6-25/h7-14,19,25H,2-6,15-18,20H2,1H3,(H,36,44)(H,38,45). The molecule has 1 aliphatic carbocycles. The minimum Gasteiger partial charge on any atom is -0.348 e. The Morgan fingerprint density at radius 1 is 0.911 bits per heavy atom. The topological polar surface area (TPSA) is 112 Å². The number of carbonyl (C=O) groups excluding carboxylic acids is 2. The maximum atomic E-state index is 14.0. The molecule has 4 aromatic rings. The highest BCUT2D eigenvalue weighted by Gasteiger charge is 2.26. The van der Waals surface area contributed by atoms with Crippen molar-refractivity contribution in [3.8, 4) is 5.69 Å². The lowest BCUT2D eigenvalue weighted by atomic mass is 9.96. The molecule has 6 rings (SSSR count). The molecule has 0 atom stereocenters. The lowest BCUT2D eigenvalue weighted by Crippen LogP contribution is -2.54. The molecule has 234 valence electrons. The molecular weight excluding hydrogens is 580 g/mol. The van der Waals surface area contributed by atoms with Crippen LogP contribution in [-0.4, -0.2) is 63.6 Å². The van der Waals surface area contributed by atoms with E-state index in [9.17, 15) is 23.2 Å². The van der Waals surface area contributed by atoms with Crippen molar-refractivity contribution in [2.24, 2.45) is 0 Å². The fourth-order valence-corrected chi connectivity index (χ4v) is 5.97. The average molecular weight is 616 g/mol. The Balaban J connectivity index is 1.18. The number of nitrogens with one attached hydrogen (secondary N) is 2. The van der Waals surface area contributed by atoms with Crippen LogP contribution in [0, 0.1) is 18.6 Å². The van der Waals surface area contributed by atoms with Gasteiger partial charge in [0.2, 0.25) is 5.95 Å². The zero-order valence-corrected chi connectivity index (χ0v) is 25.1. The molecule has 3 heterocycles. The Morgan fingerprint density at radius 3 is 2.36 bits per heavy atom. The van der Waals surface area contributed by atoms with E-state index in [1.165, 1.54) is 23.1 Å². The predicted octanol–water partition coefficient (Wildman–Crippen LogP) is 4.46. The van der Waals surface area contributed by atoms with Gasteiger partial charge in [-0.2, -0.15) is 4.98 Å². The number of aryl methyl sites for hydroxylation is 1. The number of nitrogens with zero attached hydrogens (tertiary/aromatic N) is 5. The number of hydrogen-bond donors (Lipinski definition) is 2. The number of carbonyl (C=O) groups is 2. The van der Waals surface area contributed by atoms with Crippen LogP contribution in [0.25, 0.3) is 16.7 Å². The number of fused-ring (bicyclic) bond motifs is 1. The zero-order valence-electron chi connectivity index (χ0n) is 25.1. The number of piperazine rings is 1. The van der Waals surface area contributed by atoms with Crippen LogP contribution in [0.15, 0.2) is 59.4 Å². The number of pyridine rings is 1. The van der Waals surface area contributed by atoms with Gasteiger partial charge in [-0.3, -0.25) is 14.2 Å². The van der Waals surface area contributed by atoms with Crippen molar-refractivity contribution >= 4 is 28.9 Å². The lowest BCUT2D eigenvalue weighted by Gasteiger charge is -2.36. The van der Waals surface area contributed by atoms with E-state index in [0.29, 0.717) is 60.1 Å². The van der Waals surface area contributed by atoms with Crippen molar-refractivity contribution in [1.82, 2.24) is 30.1 Å². The molecule has 2 aromatic carbocycles. The monoisotopic (exact) mass is 615 g/mol. The summed E-state index contributed by atoms with van der Waals surface area (Å²) in [6.45, 7) is 3.97. The molecule has 0 bridgehead atoms. The van der Waals surface area contributed by atoms with Crippen molar-refractivity contribution in [2.45, 2.75) is 51.6 Å². The van der Waals surface area contributed by atoms with Crippen molar-refractivity contribution in [3.05, 3.63) is 93.4 Å². The van der Waals surface area contributed by atoms with Gasteiger partial charge in [0, 0.05) is 67.4 Å². The molecule has 2 N–H and O–H groups in total. The Morgan fingerprint density at radius 2 is 1.64 bits per heavy atom. The molecule has 2 aliphatic rings. The van der Waals surface area contributed by atoms with E-state index >= 15 is 0 Å². The second-order valence-electron chi connectivity index (χ2n) is 11.6. The lowest BCUT2D eigenvalue weighted by molar-refractivity contribution is 0.0950. The normalized spacial score (nSPS) is 15.7. The van der Waals surface area contributed by atoms with Gasteiger partial charge in [0.15, 0.2) is 5.65 Å². The molecule has 0 unspecified atom stereocenters. The smallest absolute Gasteiger partial charge is 0.317 e. The van der Waals surface area contributed by atoms with Gasteiger partial charge in [-0.05, 0) is 56.2 Å². The number of amides is 3. The van der Waals surface area contributed by atoms with Crippen LogP contribution in [0.5, 0.6) is 0 Å². The highest BCUT2D eigenvalue weighted by Crippen LogP contribution is 2.23. The quantitative estimate of drug-likeness (QED) is 0.331. The van der Waals surface area contributed by atoms with Gasteiger partial charge in [-0.25, -0.2) is 18.6 Å². The maximum Gasteiger partial charge on any atom is 0.317 e. The zero-order chi connectivity index (χ0) is 31.5. The van der Waals surface area contributed by atoms with Gasteiger partial charge in [0.05, 0.1) is 11.4 Å². The van der Waals surface area contributed by atoms with Crippen molar-refractivity contribution in [2.75, 3.05) is 31.1 Å². The van der Waals surface area contributed by atoms with Crippen LogP contribution in [0.3, 0.4) is 0 Å². The first-order valence-electron chi connectivity index (χ1n) is 15.3. The number of benzene rings is 2. The molecule has 0 spiro atoms. The Kier molecular flexibility index (Phi) is 8.72. The van der Waals surface area contributed by atoms with E-state index in [-0.39, 0.29) is 29.7 Å². The van der Waals surface area contributed by atoms with Crippen LogP contribution >= 0.6 is 0 Å². The van der Waals surface area contributed by atoms with E-state index in [0.717, 1.165) is 37.8 Å². The molecule has 10 nitrogen and oxygen atoms in total. The fraction of sp³-hybridized carbons (Fsp3) is 0.364. The summed E-state index contributed by atoms with van der Waals surface area (Å²) in [5.41, 5.74) is 1.85. The van der Waals surface area contributed by atoms with Crippen LogP contribution in [0.4, 0.5) is 19.5 Å². The Labute approximate surface area is 259 Å². The number of urea groups is 1. The first kappa shape index (κ1) is 30.2. The second-order valence-corrected chi connectivity index (χ2v) is 11.6. The summed E-state index contributed by atoms with van der Waals surface area (Å²) >= 11 is 0. The summed E-state index contributed by atoms with van der Waals surface area (Å²) in [6.07, 6.45) is 5.61. The minimum atomic E-state index is -0.736. The molecule has 0 radical (unpaired) electrons. The molecule has 1 saturated heterocycles. The van der Waals surface area contributed by atoms with Gasteiger partial charge < -0.3 is 20.4 Å². The number of halogens is 2. The molecule has 2 fully saturated rings.